The summed E-state index contributed by atoms with van der Waals surface area (Å²) < 4.78 is 11.4. The van der Waals surface area contributed by atoms with E-state index in [4.69, 9.17) is 14.4 Å². The molecule has 6 heteroatoms. The SMILES string of the molecule is c1cncc(-c2ccc(-c3cc(-c4cc(-n5c6ccccc6c6ccccc65)cc(-n5c6ccccc6c6ccccc65)c4)nc(-c4cccc5c4oc4ccccc45)n3)cc2)c1. The summed E-state index contributed by atoms with van der Waals surface area (Å²) in [5.74, 6) is 0.587. The molecule has 0 saturated carbocycles. The highest BCUT2D eigenvalue weighted by molar-refractivity contribution is 6.11. The average Bonchev–Trinajstić information content (AvgIpc) is 4.02. The second-order valence-electron chi connectivity index (χ2n) is 16.0. The van der Waals surface area contributed by atoms with Crippen LogP contribution in [0.2, 0.25) is 0 Å². The van der Waals surface area contributed by atoms with Crippen LogP contribution < -0.4 is 0 Å². The molecule has 0 bridgehead atoms. The highest BCUT2D eigenvalue weighted by atomic mass is 16.3. The molecule has 0 fully saturated rings. The van der Waals surface area contributed by atoms with Crippen molar-refractivity contribution >= 4 is 65.6 Å². The van der Waals surface area contributed by atoms with Crippen molar-refractivity contribution in [3.8, 4) is 56.4 Å². The van der Waals surface area contributed by atoms with E-state index in [2.05, 4.69) is 190 Å². The van der Waals surface area contributed by atoms with Crippen LogP contribution in [0.25, 0.3) is 122 Å². The average molecular weight is 806 g/mol. The number of aromatic nitrogens is 5. The minimum absolute atomic E-state index is 0.587. The minimum Gasteiger partial charge on any atom is -0.455 e. The fourth-order valence-electron chi connectivity index (χ4n) is 9.56. The van der Waals surface area contributed by atoms with E-state index in [-0.39, 0.29) is 0 Å². The Balaban J connectivity index is 1.10. The van der Waals surface area contributed by atoms with Gasteiger partial charge in [-0.3, -0.25) is 4.98 Å². The van der Waals surface area contributed by atoms with Crippen molar-refractivity contribution in [2.24, 2.45) is 0 Å². The van der Waals surface area contributed by atoms with Crippen LogP contribution in [-0.2, 0) is 0 Å². The molecule has 63 heavy (non-hydrogen) atoms. The number of furan rings is 1. The van der Waals surface area contributed by atoms with Gasteiger partial charge < -0.3 is 13.6 Å². The van der Waals surface area contributed by atoms with Gasteiger partial charge in [-0.2, -0.15) is 0 Å². The van der Waals surface area contributed by atoms with Crippen LogP contribution in [0.4, 0.5) is 0 Å². The largest absolute Gasteiger partial charge is 0.455 e. The van der Waals surface area contributed by atoms with E-state index in [0.29, 0.717) is 5.82 Å². The molecule has 294 valence electrons. The lowest BCUT2D eigenvalue weighted by molar-refractivity contribution is 0.669. The minimum atomic E-state index is 0.587. The maximum atomic E-state index is 6.60. The predicted molar refractivity (Wildman–Crippen MR) is 258 cm³/mol. The zero-order valence-corrected chi connectivity index (χ0v) is 33.9. The summed E-state index contributed by atoms with van der Waals surface area (Å²) in [5.41, 5.74) is 14.7. The number of para-hydroxylation sites is 6. The zero-order valence-electron chi connectivity index (χ0n) is 33.9. The van der Waals surface area contributed by atoms with E-state index in [9.17, 15) is 0 Å². The van der Waals surface area contributed by atoms with Crippen molar-refractivity contribution in [3.63, 3.8) is 0 Å². The maximum Gasteiger partial charge on any atom is 0.164 e. The molecular formula is C57H35N5O. The fraction of sp³-hybridized carbons (Fsp3) is 0. The van der Waals surface area contributed by atoms with Crippen LogP contribution in [0, 0.1) is 0 Å². The number of fused-ring (bicyclic) bond motifs is 9. The van der Waals surface area contributed by atoms with Crippen molar-refractivity contribution in [2.45, 2.75) is 0 Å². The third kappa shape index (κ3) is 5.62. The Morgan fingerprint density at radius 3 is 1.44 bits per heavy atom. The molecule has 0 aliphatic rings. The topological polar surface area (TPSA) is 61.7 Å². The second kappa shape index (κ2) is 14.0. The van der Waals surface area contributed by atoms with E-state index in [1.165, 1.54) is 21.5 Å². The fourth-order valence-corrected chi connectivity index (χ4v) is 9.56. The van der Waals surface area contributed by atoms with Gasteiger partial charge in [0, 0.05) is 67.2 Å². The number of rotatable bonds is 6. The van der Waals surface area contributed by atoms with Gasteiger partial charge in [0.15, 0.2) is 5.82 Å². The quantitative estimate of drug-likeness (QED) is 0.168. The van der Waals surface area contributed by atoms with Crippen molar-refractivity contribution in [1.82, 2.24) is 24.1 Å². The van der Waals surface area contributed by atoms with Crippen LogP contribution in [0.15, 0.2) is 217 Å². The number of hydrogen-bond donors (Lipinski definition) is 0. The summed E-state index contributed by atoms with van der Waals surface area (Å²) in [5, 5.41) is 6.91. The molecule has 0 spiro atoms. The van der Waals surface area contributed by atoms with Gasteiger partial charge in [0.2, 0.25) is 0 Å². The summed E-state index contributed by atoms with van der Waals surface area (Å²) >= 11 is 0. The maximum absolute atomic E-state index is 6.60. The standard InChI is InChI=1S/C57H35N5O/c1-6-21-51-42(14-1)43-15-2-7-22-52(43)61(51)40-31-39(32-41(33-40)62-53-23-8-3-16-44(53)45-17-4-9-24-54(45)62)50-34-49(37-28-26-36(27-29-37)38-13-12-30-58-35-38)59-57(60-50)48-20-11-19-47-46-18-5-10-25-55(46)63-56(47)48/h1-35H. The Morgan fingerprint density at radius 1 is 0.365 bits per heavy atom. The highest BCUT2D eigenvalue weighted by Gasteiger charge is 2.21. The third-order valence-corrected chi connectivity index (χ3v) is 12.4. The molecule has 5 heterocycles. The molecule has 0 unspecified atom stereocenters. The molecule has 0 atom stereocenters. The van der Waals surface area contributed by atoms with Crippen LogP contribution in [0.3, 0.4) is 0 Å². The molecule has 13 rings (SSSR count). The van der Waals surface area contributed by atoms with Crippen LogP contribution in [-0.4, -0.2) is 24.1 Å². The molecule has 0 radical (unpaired) electrons. The van der Waals surface area contributed by atoms with Gasteiger partial charge in [0.05, 0.1) is 39.0 Å². The lowest BCUT2D eigenvalue weighted by Gasteiger charge is -2.16. The van der Waals surface area contributed by atoms with Crippen LogP contribution >= 0.6 is 0 Å². The Morgan fingerprint density at radius 2 is 0.873 bits per heavy atom. The molecule has 0 amide bonds. The Hall–Kier alpha value is -8.61. The zero-order chi connectivity index (χ0) is 41.4. The van der Waals surface area contributed by atoms with Gasteiger partial charge in [-0.1, -0.05) is 133 Å². The normalized spacial score (nSPS) is 11.8. The Labute approximate surface area is 361 Å². The smallest absolute Gasteiger partial charge is 0.164 e. The highest BCUT2D eigenvalue weighted by Crippen LogP contribution is 2.40. The van der Waals surface area contributed by atoms with E-state index < -0.39 is 0 Å². The van der Waals surface area contributed by atoms with Gasteiger partial charge in [0.25, 0.3) is 0 Å². The molecule has 6 nitrogen and oxygen atoms in total. The number of pyridine rings is 1. The van der Waals surface area contributed by atoms with Gasteiger partial charge in [-0.15, -0.1) is 0 Å². The first-order valence-corrected chi connectivity index (χ1v) is 21.2. The monoisotopic (exact) mass is 805 g/mol. The number of hydrogen-bond acceptors (Lipinski definition) is 4. The van der Waals surface area contributed by atoms with Crippen molar-refractivity contribution in [1.29, 1.82) is 0 Å². The van der Waals surface area contributed by atoms with Gasteiger partial charge in [-0.25, -0.2) is 9.97 Å². The van der Waals surface area contributed by atoms with Crippen molar-refractivity contribution < 1.29 is 4.42 Å². The molecule has 0 aliphatic carbocycles. The van der Waals surface area contributed by atoms with Crippen LogP contribution in [0.1, 0.15) is 0 Å². The summed E-state index contributed by atoms with van der Waals surface area (Å²) in [6.45, 7) is 0. The van der Waals surface area contributed by atoms with E-state index in [1.807, 2.05) is 30.5 Å². The lowest BCUT2D eigenvalue weighted by Crippen LogP contribution is -2.01. The molecule has 0 aliphatic heterocycles. The summed E-state index contributed by atoms with van der Waals surface area (Å²) in [6.07, 6.45) is 3.69. The van der Waals surface area contributed by atoms with E-state index in [1.54, 1.807) is 6.20 Å². The lowest BCUT2D eigenvalue weighted by atomic mass is 10.0. The third-order valence-electron chi connectivity index (χ3n) is 12.4. The summed E-state index contributed by atoms with van der Waals surface area (Å²) in [7, 11) is 0. The first-order chi connectivity index (χ1) is 31.2. The molecule has 5 aromatic heterocycles. The number of nitrogens with zero attached hydrogens (tertiary/aromatic N) is 5. The second-order valence-corrected chi connectivity index (χ2v) is 16.0. The van der Waals surface area contributed by atoms with Gasteiger partial charge in [-0.05, 0) is 77.9 Å². The molecule has 0 N–H and O–H groups in total. The predicted octanol–water partition coefficient (Wildman–Crippen LogP) is 14.6. The molecule has 0 saturated heterocycles. The molecule has 13 aromatic rings. The summed E-state index contributed by atoms with van der Waals surface area (Å²) in [4.78, 5) is 15.2. The van der Waals surface area contributed by atoms with E-state index in [0.717, 1.165) is 94.6 Å². The Kier molecular flexibility index (Phi) is 7.80. The Bertz CT molecular complexity index is 3680. The molecular weight excluding hydrogens is 771 g/mol. The van der Waals surface area contributed by atoms with Crippen molar-refractivity contribution in [3.05, 3.63) is 213 Å². The first kappa shape index (κ1) is 35.2. The summed E-state index contributed by atoms with van der Waals surface area (Å²) in [6, 6.07) is 70.7. The van der Waals surface area contributed by atoms with E-state index >= 15 is 0 Å². The first-order valence-electron chi connectivity index (χ1n) is 21.2. The molecule has 8 aromatic carbocycles. The van der Waals surface area contributed by atoms with Crippen molar-refractivity contribution in [2.75, 3.05) is 0 Å². The van der Waals surface area contributed by atoms with Gasteiger partial charge in [0.1, 0.15) is 11.2 Å². The number of benzene rings is 8. The van der Waals surface area contributed by atoms with Gasteiger partial charge >= 0.3 is 0 Å². The van der Waals surface area contributed by atoms with Crippen LogP contribution in [0.5, 0.6) is 0 Å².